The van der Waals surface area contributed by atoms with Crippen molar-refractivity contribution in [2.75, 3.05) is 18.0 Å². The summed E-state index contributed by atoms with van der Waals surface area (Å²) in [6.45, 7) is 7.66. The molecule has 0 spiro atoms. The van der Waals surface area contributed by atoms with Crippen molar-refractivity contribution in [2.45, 2.75) is 19.4 Å². The predicted octanol–water partition coefficient (Wildman–Crippen LogP) is 1.49. The van der Waals surface area contributed by atoms with Gasteiger partial charge in [-0.05, 0) is 26.0 Å². The van der Waals surface area contributed by atoms with Gasteiger partial charge in [-0.25, -0.2) is 0 Å². The van der Waals surface area contributed by atoms with Gasteiger partial charge in [0.2, 0.25) is 0 Å². The molecule has 0 bridgehead atoms. The Morgan fingerprint density at radius 2 is 2.20 bits per heavy atom. The van der Waals surface area contributed by atoms with Crippen molar-refractivity contribution in [1.82, 2.24) is 5.32 Å². The molecular formula is C15H18N2O3. The summed E-state index contributed by atoms with van der Waals surface area (Å²) >= 11 is 0. The molecule has 5 nitrogen and oxygen atoms in total. The van der Waals surface area contributed by atoms with Gasteiger partial charge in [0.15, 0.2) is 0 Å². The lowest BCUT2D eigenvalue weighted by atomic mass is 10.00. The highest BCUT2D eigenvalue weighted by atomic mass is 16.5. The third kappa shape index (κ3) is 2.15. The van der Waals surface area contributed by atoms with E-state index in [-0.39, 0.29) is 5.91 Å². The van der Waals surface area contributed by atoms with Crippen molar-refractivity contribution in [1.29, 1.82) is 0 Å². The topological polar surface area (TPSA) is 58.6 Å². The minimum absolute atomic E-state index is 0.291. The third-order valence-corrected chi connectivity index (χ3v) is 3.28. The van der Waals surface area contributed by atoms with Gasteiger partial charge in [-0.15, -0.1) is 6.58 Å². The lowest BCUT2D eigenvalue weighted by Crippen LogP contribution is -2.62. The number of carbonyl (C=O) groups is 2. The predicted molar refractivity (Wildman–Crippen MR) is 76.7 cm³/mol. The Bertz CT molecular complexity index is 556. The normalized spacial score (nSPS) is 20.9. The number of carbonyl (C=O) groups excluding carboxylic acids is 2. The molecule has 1 unspecified atom stereocenters. The average Bonchev–Trinajstić information content (AvgIpc) is 2.46. The first-order valence-electron chi connectivity index (χ1n) is 6.53. The van der Waals surface area contributed by atoms with Crippen LogP contribution in [0.4, 0.5) is 5.69 Å². The summed E-state index contributed by atoms with van der Waals surface area (Å²) in [4.78, 5) is 26.4. The maximum absolute atomic E-state index is 12.6. The summed E-state index contributed by atoms with van der Waals surface area (Å²) < 4.78 is 5.69. The first-order chi connectivity index (χ1) is 9.54. The molecule has 5 heteroatoms. The molecule has 1 aliphatic rings. The van der Waals surface area contributed by atoms with Crippen LogP contribution in [-0.2, 0) is 9.59 Å². The molecule has 1 heterocycles. The number of benzene rings is 1. The van der Waals surface area contributed by atoms with E-state index in [1.165, 1.54) is 6.92 Å². The van der Waals surface area contributed by atoms with Crippen LogP contribution < -0.4 is 15.0 Å². The van der Waals surface area contributed by atoms with E-state index in [9.17, 15) is 9.59 Å². The Balaban J connectivity index is 2.40. The fourth-order valence-corrected chi connectivity index (χ4v) is 2.19. The summed E-state index contributed by atoms with van der Waals surface area (Å²) in [5.41, 5.74) is -0.859. The number of amides is 2. The number of rotatable bonds is 4. The smallest absolute Gasteiger partial charge is 0.280 e. The fourth-order valence-electron chi connectivity index (χ4n) is 2.19. The number of hydrogen-bond donors (Lipinski definition) is 1. The van der Waals surface area contributed by atoms with Crippen molar-refractivity contribution in [3.63, 3.8) is 0 Å². The Morgan fingerprint density at radius 1 is 1.50 bits per heavy atom. The zero-order valence-corrected chi connectivity index (χ0v) is 11.7. The molecule has 0 radical (unpaired) electrons. The number of ether oxygens (including phenoxy) is 1. The summed E-state index contributed by atoms with van der Waals surface area (Å²) in [6, 6.07) is 7.20. The number of likely N-dealkylation sites (N-methyl/N-ethyl adjacent to an activating group) is 1. The van der Waals surface area contributed by atoms with Crippen molar-refractivity contribution < 1.29 is 14.3 Å². The van der Waals surface area contributed by atoms with Gasteiger partial charge >= 0.3 is 0 Å². The highest BCUT2D eigenvalue weighted by Gasteiger charge is 2.50. The van der Waals surface area contributed by atoms with Crippen LogP contribution in [0.25, 0.3) is 0 Å². The minimum atomic E-state index is -1.55. The minimum Gasteiger partial charge on any atom is -0.466 e. The number of hydrogen-bond acceptors (Lipinski definition) is 3. The van der Waals surface area contributed by atoms with Crippen LogP contribution in [-0.4, -0.2) is 30.5 Å². The van der Waals surface area contributed by atoms with Gasteiger partial charge in [0.05, 0.1) is 5.69 Å². The van der Waals surface area contributed by atoms with E-state index in [1.54, 1.807) is 23.1 Å². The van der Waals surface area contributed by atoms with Gasteiger partial charge in [-0.3, -0.25) is 9.59 Å². The van der Waals surface area contributed by atoms with Crippen molar-refractivity contribution in [3.8, 4) is 5.75 Å². The van der Waals surface area contributed by atoms with Crippen LogP contribution in [0.3, 0.4) is 0 Å². The number of nitrogens with one attached hydrogen (secondary N) is 1. The molecule has 1 N–H and O–H groups in total. The van der Waals surface area contributed by atoms with Gasteiger partial charge in [-0.2, -0.15) is 0 Å². The van der Waals surface area contributed by atoms with Crippen LogP contribution in [0.2, 0.25) is 0 Å². The third-order valence-electron chi connectivity index (χ3n) is 3.28. The SMILES string of the molecule is C=CCNC(=O)C1(C)Oc2ccccc2N(CC)C1=O. The van der Waals surface area contributed by atoms with Crippen LogP contribution >= 0.6 is 0 Å². The van der Waals surface area contributed by atoms with Crippen LogP contribution in [0.15, 0.2) is 36.9 Å². The second-order valence-corrected chi connectivity index (χ2v) is 4.65. The van der Waals surface area contributed by atoms with E-state index in [4.69, 9.17) is 4.74 Å². The van der Waals surface area contributed by atoms with E-state index in [1.807, 2.05) is 19.1 Å². The maximum Gasteiger partial charge on any atom is 0.280 e. The Labute approximate surface area is 118 Å². The lowest BCUT2D eigenvalue weighted by molar-refractivity contribution is -0.148. The molecule has 1 atom stereocenters. The molecule has 106 valence electrons. The summed E-state index contributed by atoms with van der Waals surface area (Å²) in [5.74, 6) is -0.291. The molecule has 1 aliphatic heterocycles. The average molecular weight is 274 g/mol. The van der Waals surface area contributed by atoms with E-state index in [0.29, 0.717) is 24.5 Å². The Morgan fingerprint density at radius 3 is 2.85 bits per heavy atom. The van der Waals surface area contributed by atoms with Gasteiger partial charge in [0.1, 0.15) is 5.75 Å². The maximum atomic E-state index is 12.6. The molecule has 0 aromatic heterocycles. The van der Waals surface area contributed by atoms with E-state index in [2.05, 4.69) is 11.9 Å². The highest BCUT2D eigenvalue weighted by molar-refractivity contribution is 6.16. The highest BCUT2D eigenvalue weighted by Crippen LogP contribution is 2.37. The summed E-state index contributed by atoms with van der Waals surface area (Å²) in [7, 11) is 0. The number of anilines is 1. The summed E-state index contributed by atoms with van der Waals surface area (Å²) in [6.07, 6.45) is 1.56. The van der Waals surface area contributed by atoms with Crippen LogP contribution in [0.5, 0.6) is 5.75 Å². The van der Waals surface area contributed by atoms with E-state index >= 15 is 0 Å². The number of para-hydroxylation sites is 2. The van der Waals surface area contributed by atoms with Gasteiger partial charge < -0.3 is 15.0 Å². The molecule has 2 rings (SSSR count). The Kier molecular flexibility index (Phi) is 3.79. The van der Waals surface area contributed by atoms with Gasteiger partial charge in [0.25, 0.3) is 17.4 Å². The molecule has 1 aromatic rings. The quantitative estimate of drug-likeness (QED) is 0.668. The number of fused-ring (bicyclic) bond motifs is 1. The van der Waals surface area contributed by atoms with Gasteiger partial charge in [-0.1, -0.05) is 18.2 Å². The van der Waals surface area contributed by atoms with E-state index in [0.717, 1.165) is 0 Å². The van der Waals surface area contributed by atoms with Crippen molar-refractivity contribution in [2.24, 2.45) is 0 Å². The second kappa shape index (κ2) is 5.36. The number of nitrogens with zero attached hydrogens (tertiary/aromatic N) is 1. The first-order valence-corrected chi connectivity index (χ1v) is 6.53. The second-order valence-electron chi connectivity index (χ2n) is 4.65. The van der Waals surface area contributed by atoms with Gasteiger partial charge in [0, 0.05) is 13.1 Å². The molecule has 0 aliphatic carbocycles. The fraction of sp³-hybridized carbons (Fsp3) is 0.333. The molecule has 2 amide bonds. The summed E-state index contributed by atoms with van der Waals surface area (Å²) in [5, 5.41) is 2.62. The zero-order valence-electron chi connectivity index (χ0n) is 11.7. The van der Waals surface area contributed by atoms with Crippen molar-refractivity contribution >= 4 is 17.5 Å². The zero-order chi connectivity index (χ0) is 14.8. The lowest BCUT2D eigenvalue weighted by Gasteiger charge is -2.39. The van der Waals surface area contributed by atoms with E-state index < -0.39 is 11.5 Å². The van der Waals surface area contributed by atoms with Crippen LogP contribution in [0, 0.1) is 0 Å². The largest absolute Gasteiger partial charge is 0.466 e. The molecule has 0 saturated carbocycles. The molecule has 0 saturated heterocycles. The first kappa shape index (κ1) is 14.1. The molecular weight excluding hydrogens is 256 g/mol. The molecule has 0 fully saturated rings. The molecule has 20 heavy (non-hydrogen) atoms. The Hall–Kier alpha value is -2.30. The molecule has 1 aromatic carbocycles. The standard InChI is InChI=1S/C15H18N2O3/c1-4-10-16-13(18)15(3)14(19)17(5-2)11-8-6-7-9-12(11)20-15/h4,6-9H,1,5,10H2,2-3H3,(H,16,18). The monoisotopic (exact) mass is 274 g/mol. The van der Waals surface area contributed by atoms with Crippen molar-refractivity contribution in [3.05, 3.63) is 36.9 Å². The van der Waals surface area contributed by atoms with Crippen LogP contribution in [0.1, 0.15) is 13.8 Å².